The van der Waals surface area contributed by atoms with Gasteiger partial charge >= 0.3 is 0 Å². The van der Waals surface area contributed by atoms with Crippen molar-refractivity contribution in [2.45, 2.75) is 38.6 Å². The molecule has 7 nitrogen and oxygen atoms in total. The molecule has 34 heavy (non-hydrogen) atoms. The van der Waals surface area contributed by atoms with E-state index in [1.165, 1.54) is 0 Å². The summed E-state index contributed by atoms with van der Waals surface area (Å²) in [5, 5.41) is 0.758. The van der Waals surface area contributed by atoms with Gasteiger partial charge in [0.25, 0.3) is 11.5 Å². The molecule has 0 bridgehead atoms. The number of nitrogens with one attached hydrogen (secondary N) is 1. The SMILES string of the molecule is Cc1cc2c(cc1C(=O)N1CCc3c(Cl)cccc3C1)[nH]c(=O)c1cnc(C3CCOCC3)n12. The Kier molecular flexibility index (Phi) is 5.19. The number of aryl methyl sites for hydroxylation is 1. The number of halogens is 1. The summed E-state index contributed by atoms with van der Waals surface area (Å²) in [6.45, 7) is 4.48. The van der Waals surface area contributed by atoms with Crippen LogP contribution >= 0.6 is 11.6 Å². The predicted octanol–water partition coefficient (Wildman–Crippen LogP) is 4.23. The van der Waals surface area contributed by atoms with Crippen molar-refractivity contribution in [3.8, 4) is 0 Å². The van der Waals surface area contributed by atoms with Crippen LogP contribution in [0.25, 0.3) is 16.6 Å². The van der Waals surface area contributed by atoms with E-state index in [0.29, 0.717) is 42.9 Å². The van der Waals surface area contributed by atoms with E-state index in [4.69, 9.17) is 16.3 Å². The summed E-state index contributed by atoms with van der Waals surface area (Å²) in [5.41, 5.74) is 5.49. The smallest absolute Gasteiger partial charge is 0.274 e. The lowest BCUT2D eigenvalue weighted by molar-refractivity contribution is 0.0734. The second-order valence-corrected chi connectivity index (χ2v) is 9.62. The molecule has 2 aromatic carbocycles. The molecule has 174 valence electrons. The molecular formula is C26H25ClN4O3. The Morgan fingerprint density at radius 1 is 1.21 bits per heavy atom. The van der Waals surface area contributed by atoms with Gasteiger partial charge in [0.05, 0.1) is 17.2 Å². The molecule has 6 rings (SSSR count). The summed E-state index contributed by atoms with van der Waals surface area (Å²) in [5.74, 6) is 1.08. The number of fused-ring (bicyclic) bond motifs is 4. The van der Waals surface area contributed by atoms with E-state index in [1.54, 1.807) is 6.20 Å². The Labute approximate surface area is 201 Å². The third-order valence-corrected chi connectivity index (χ3v) is 7.52. The highest BCUT2D eigenvalue weighted by Crippen LogP contribution is 2.30. The van der Waals surface area contributed by atoms with Crippen molar-refractivity contribution in [1.82, 2.24) is 19.3 Å². The maximum atomic E-state index is 13.5. The molecule has 8 heteroatoms. The van der Waals surface area contributed by atoms with Gasteiger partial charge in [-0.05, 0) is 61.1 Å². The van der Waals surface area contributed by atoms with E-state index in [-0.39, 0.29) is 17.4 Å². The highest BCUT2D eigenvalue weighted by molar-refractivity contribution is 6.31. The fourth-order valence-electron chi connectivity index (χ4n) is 5.32. The lowest BCUT2D eigenvalue weighted by Gasteiger charge is -2.30. The van der Waals surface area contributed by atoms with E-state index in [0.717, 1.165) is 52.3 Å². The molecule has 0 atom stereocenters. The summed E-state index contributed by atoms with van der Waals surface area (Å²) < 4.78 is 7.48. The molecule has 1 saturated heterocycles. The first-order valence-corrected chi connectivity index (χ1v) is 12.1. The zero-order chi connectivity index (χ0) is 23.4. The van der Waals surface area contributed by atoms with Crippen molar-refractivity contribution in [3.05, 3.63) is 80.0 Å². The lowest BCUT2D eigenvalue weighted by Crippen LogP contribution is -2.36. The molecule has 2 aliphatic heterocycles. The van der Waals surface area contributed by atoms with Gasteiger partial charge in [0.1, 0.15) is 11.3 Å². The standard InChI is InChI=1S/C26H25ClN4O3/c1-15-11-22-21(29-25(32)23-13-28-24(31(22)23)16-6-9-34-10-7-16)12-19(15)26(33)30-8-5-18-17(14-30)3-2-4-20(18)27/h2-4,11-13,16H,5-10,14H2,1H3,(H,29,32). The monoisotopic (exact) mass is 476 g/mol. The van der Waals surface area contributed by atoms with Gasteiger partial charge in [0.2, 0.25) is 0 Å². The molecule has 0 radical (unpaired) electrons. The molecular weight excluding hydrogens is 452 g/mol. The van der Waals surface area contributed by atoms with Gasteiger partial charge in [-0.2, -0.15) is 0 Å². The largest absolute Gasteiger partial charge is 0.381 e. The Bertz CT molecular complexity index is 1500. The second-order valence-electron chi connectivity index (χ2n) is 9.22. The maximum Gasteiger partial charge on any atom is 0.274 e. The van der Waals surface area contributed by atoms with E-state index >= 15 is 0 Å². The van der Waals surface area contributed by atoms with Crippen LogP contribution in [0.4, 0.5) is 0 Å². The van der Waals surface area contributed by atoms with Gasteiger partial charge in [-0.3, -0.25) is 14.0 Å². The first-order valence-electron chi connectivity index (χ1n) is 11.7. The molecule has 1 N–H and O–H groups in total. The topological polar surface area (TPSA) is 79.7 Å². The highest BCUT2D eigenvalue weighted by atomic mass is 35.5. The fourth-order valence-corrected chi connectivity index (χ4v) is 5.61. The number of aromatic nitrogens is 3. The van der Waals surface area contributed by atoms with Crippen molar-refractivity contribution < 1.29 is 9.53 Å². The van der Waals surface area contributed by atoms with Crippen LogP contribution in [0.5, 0.6) is 0 Å². The van der Waals surface area contributed by atoms with Crippen molar-refractivity contribution in [3.63, 3.8) is 0 Å². The summed E-state index contributed by atoms with van der Waals surface area (Å²) in [7, 11) is 0. The van der Waals surface area contributed by atoms with Crippen LogP contribution in [0.15, 0.2) is 41.3 Å². The number of aromatic amines is 1. The summed E-state index contributed by atoms with van der Waals surface area (Å²) in [4.78, 5) is 35.9. The number of amides is 1. The number of rotatable bonds is 2. The minimum atomic E-state index is -0.206. The Morgan fingerprint density at radius 2 is 2.03 bits per heavy atom. The number of hydrogen-bond acceptors (Lipinski definition) is 4. The number of nitrogens with zero attached hydrogens (tertiary/aromatic N) is 3. The Morgan fingerprint density at radius 3 is 2.85 bits per heavy atom. The maximum absolute atomic E-state index is 13.5. The van der Waals surface area contributed by atoms with Gasteiger partial charge in [-0.15, -0.1) is 0 Å². The molecule has 1 amide bonds. The van der Waals surface area contributed by atoms with Crippen LogP contribution in [0.3, 0.4) is 0 Å². The summed E-state index contributed by atoms with van der Waals surface area (Å²) >= 11 is 6.35. The number of benzene rings is 2. The number of hydrogen-bond donors (Lipinski definition) is 1. The van der Waals surface area contributed by atoms with Crippen LogP contribution in [0.2, 0.25) is 5.02 Å². The molecule has 4 heterocycles. The van der Waals surface area contributed by atoms with Gasteiger partial charge in [0, 0.05) is 42.8 Å². The van der Waals surface area contributed by atoms with Crippen LogP contribution in [0.1, 0.15) is 51.6 Å². The van der Waals surface area contributed by atoms with Crippen molar-refractivity contribution >= 4 is 34.1 Å². The van der Waals surface area contributed by atoms with Gasteiger partial charge in [0.15, 0.2) is 0 Å². The number of carbonyl (C=O) groups excluding carboxylic acids is 1. The number of carbonyl (C=O) groups is 1. The molecule has 0 aliphatic carbocycles. The van der Waals surface area contributed by atoms with Crippen LogP contribution in [-0.2, 0) is 17.7 Å². The van der Waals surface area contributed by atoms with Crippen LogP contribution < -0.4 is 5.56 Å². The summed E-state index contributed by atoms with van der Waals surface area (Å²) in [6, 6.07) is 9.65. The fraction of sp³-hybridized carbons (Fsp3) is 0.346. The normalized spacial score (nSPS) is 16.8. The van der Waals surface area contributed by atoms with Crippen LogP contribution in [-0.4, -0.2) is 44.9 Å². The van der Waals surface area contributed by atoms with E-state index in [1.807, 2.05) is 46.6 Å². The first-order chi connectivity index (χ1) is 16.5. The van der Waals surface area contributed by atoms with Gasteiger partial charge in [-0.25, -0.2) is 4.98 Å². The zero-order valence-electron chi connectivity index (χ0n) is 18.9. The molecule has 2 aliphatic rings. The van der Waals surface area contributed by atoms with Gasteiger partial charge < -0.3 is 14.6 Å². The van der Waals surface area contributed by atoms with Crippen molar-refractivity contribution in [2.75, 3.05) is 19.8 Å². The summed E-state index contributed by atoms with van der Waals surface area (Å²) in [6.07, 6.45) is 4.13. The zero-order valence-corrected chi connectivity index (χ0v) is 19.7. The number of imidazole rings is 1. The van der Waals surface area contributed by atoms with Crippen LogP contribution in [0, 0.1) is 6.92 Å². The number of H-pyrrole nitrogens is 1. The van der Waals surface area contributed by atoms with Crippen molar-refractivity contribution in [1.29, 1.82) is 0 Å². The van der Waals surface area contributed by atoms with E-state index < -0.39 is 0 Å². The average Bonchev–Trinajstić information content (AvgIpc) is 3.31. The quantitative estimate of drug-likeness (QED) is 0.469. The average molecular weight is 477 g/mol. The second kappa shape index (κ2) is 8.25. The molecule has 2 aromatic heterocycles. The third-order valence-electron chi connectivity index (χ3n) is 7.17. The molecule has 0 spiro atoms. The lowest BCUT2D eigenvalue weighted by atomic mass is 9.98. The number of ether oxygens (including phenoxy) is 1. The molecule has 4 aromatic rings. The first kappa shape index (κ1) is 21.4. The van der Waals surface area contributed by atoms with Gasteiger partial charge in [-0.1, -0.05) is 23.7 Å². The Balaban J connectivity index is 1.42. The predicted molar refractivity (Wildman–Crippen MR) is 131 cm³/mol. The highest BCUT2D eigenvalue weighted by Gasteiger charge is 2.26. The van der Waals surface area contributed by atoms with E-state index in [9.17, 15) is 9.59 Å². The minimum absolute atomic E-state index is 0.0405. The Hall–Kier alpha value is -3.16. The third kappa shape index (κ3) is 3.42. The van der Waals surface area contributed by atoms with Crippen molar-refractivity contribution in [2.24, 2.45) is 0 Å². The molecule has 1 fully saturated rings. The molecule has 0 unspecified atom stereocenters. The van der Waals surface area contributed by atoms with E-state index in [2.05, 4.69) is 9.97 Å². The molecule has 0 saturated carbocycles. The minimum Gasteiger partial charge on any atom is -0.381 e.